The van der Waals surface area contributed by atoms with E-state index < -0.39 is 15.6 Å². The fourth-order valence-electron chi connectivity index (χ4n) is 3.29. The number of anilines is 1. The fourth-order valence-corrected chi connectivity index (χ4v) is 4.47. The molecule has 2 rings (SSSR count). The van der Waals surface area contributed by atoms with Crippen LogP contribution in [0.5, 0.6) is 0 Å². The third-order valence-corrected chi connectivity index (χ3v) is 5.99. The minimum atomic E-state index is -3.49. The Morgan fingerprint density at radius 1 is 1.14 bits per heavy atom. The molecule has 0 aliphatic heterocycles. The van der Waals surface area contributed by atoms with Gasteiger partial charge in [0.1, 0.15) is 0 Å². The topological polar surface area (TPSA) is 66.5 Å². The van der Waals surface area contributed by atoms with Crippen molar-refractivity contribution >= 4 is 33.2 Å². The van der Waals surface area contributed by atoms with Gasteiger partial charge >= 0.3 is 0 Å². The Morgan fingerprint density at radius 2 is 1.79 bits per heavy atom. The third kappa shape index (κ3) is 7.37. The Labute approximate surface area is 179 Å². The van der Waals surface area contributed by atoms with Gasteiger partial charge in [0, 0.05) is 23.5 Å². The van der Waals surface area contributed by atoms with Crippen LogP contribution in [0.1, 0.15) is 37.8 Å². The van der Waals surface area contributed by atoms with E-state index in [9.17, 15) is 13.2 Å². The Bertz CT molecular complexity index is 944. The SMILES string of the molecule is Cc1ccc(Cl)cc1N(CCCC(=O)NC(C)(C)Cc1ccccc1)S(C)(=O)=O. The van der Waals surface area contributed by atoms with Crippen LogP contribution in [0.25, 0.3) is 0 Å². The predicted octanol–water partition coefficient (Wildman–Crippen LogP) is 4.33. The van der Waals surface area contributed by atoms with Gasteiger partial charge in [0.2, 0.25) is 15.9 Å². The van der Waals surface area contributed by atoms with E-state index >= 15 is 0 Å². The monoisotopic (exact) mass is 436 g/mol. The van der Waals surface area contributed by atoms with Crippen LogP contribution in [0.2, 0.25) is 5.02 Å². The summed E-state index contributed by atoms with van der Waals surface area (Å²) in [5.41, 5.74) is 2.12. The summed E-state index contributed by atoms with van der Waals surface area (Å²) in [7, 11) is -3.49. The van der Waals surface area contributed by atoms with Crippen LogP contribution < -0.4 is 9.62 Å². The molecular formula is C22H29ClN2O3S. The first-order valence-corrected chi connectivity index (χ1v) is 11.8. The van der Waals surface area contributed by atoms with E-state index in [2.05, 4.69) is 5.32 Å². The molecule has 0 saturated carbocycles. The summed E-state index contributed by atoms with van der Waals surface area (Å²) in [6.07, 6.45) is 2.53. The fraction of sp³-hybridized carbons (Fsp3) is 0.409. The van der Waals surface area contributed by atoms with E-state index in [-0.39, 0.29) is 18.9 Å². The first-order valence-electron chi connectivity index (χ1n) is 9.57. The van der Waals surface area contributed by atoms with Gasteiger partial charge in [-0.15, -0.1) is 0 Å². The first-order chi connectivity index (χ1) is 13.5. The van der Waals surface area contributed by atoms with Crippen molar-refractivity contribution in [2.75, 3.05) is 17.1 Å². The molecule has 0 fully saturated rings. The van der Waals surface area contributed by atoms with Crippen molar-refractivity contribution in [1.29, 1.82) is 0 Å². The lowest BCUT2D eigenvalue weighted by Crippen LogP contribution is -2.45. The van der Waals surface area contributed by atoms with Gasteiger partial charge in [0.05, 0.1) is 11.9 Å². The number of halogens is 1. The second-order valence-corrected chi connectivity index (χ2v) is 10.3. The Hall–Kier alpha value is -2.05. The van der Waals surface area contributed by atoms with E-state index in [1.165, 1.54) is 4.31 Å². The van der Waals surface area contributed by atoms with Gasteiger partial charge in [-0.2, -0.15) is 0 Å². The molecule has 0 unspecified atom stereocenters. The summed E-state index contributed by atoms with van der Waals surface area (Å²) >= 11 is 6.05. The summed E-state index contributed by atoms with van der Waals surface area (Å²) in [5, 5.41) is 3.52. The number of hydrogen-bond donors (Lipinski definition) is 1. The molecule has 0 atom stereocenters. The smallest absolute Gasteiger partial charge is 0.232 e. The van der Waals surface area contributed by atoms with Crippen molar-refractivity contribution in [2.24, 2.45) is 0 Å². The van der Waals surface area contributed by atoms with Gasteiger partial charge in [0.15, 0.2) is 0 Å². The minimum Gasteiger partial charge on any atom is -0.351 e. The molecular weight excluding hydrogens is 408 g/mol. The van der Waals surface area contributed by atoms with Crippen molar-refractivity contribution in [2.45, 2.75) is 45.6 Å². The maximum atomic E-state index is 12.4. The number of aryl methyl sites for hydroxylation is 1. The van der Waals surface area contributed by atoms with E-state index in [1.807, 2.05) is 51.1 Å². The number of nitrogens with one attached hydrogen (secondary N) is 1. The molecule has 0 heterocycles. The van der Waals surface area contributed by atoms with Gasteiger partial charge in [-0.3, -0.25) is 9.10 Å². The number of hydrogen-bond acceptors (Lipinski definition) is 3. The largest absolute Gasteiger partial charge is 0.351 e. The summed E-state index contributed by atoms with van der Waals surface area (Å²) < 4.78 is 25.9. The van der Waals surface area contributed by atoms with E-state index in [1.54, 1.807) is 18.2 Å². The van der Waals surface area contributed by atoms with Crippen molar-refractivity contribution in [3.8, 4) is 0 Å². The molecule has 1 N–H and O–H groups in total. The molecule has 29 heavy (non-hydrogen) atoms. The predicted molar refractivity (Wildman–Crippen MR) is 120 cm³/mol. The van der Waals surface area contributed by atoms with Gasteiger partial charge in [-0.1, -0.05) is 48.0 Å². The van der Waals surface area contributed by atoms with Gasteiger partial charge in [-0.05, 0) is 56.9 Å². The van der Waals surface area contributed by atoms with Crippen molar-refractivity contribution < 1.29 is 13.2 Å². The Balaban J connectivity index is 1.97. The molecule has 0 spiro atoms. The van der Waals surface area contributed by atoms with Crippen molar-refractivity contribution in [3.63, 3.8) is 0 Å². The number of amides is 1. The Morgan fingerprint density at radius 3 is 2.41 bits per heavy atom. The number of sulfonamides is 1. The van der Waals surface area contributed by atoms with Crippen LogP contribution in [0.3, 0.4) is 0 Å². The number of carbonyl (C=O) groups excluding carboxylic acids is 1. The van der Waals surface area contributed by atoms with E-state index in [4.69, 9.17) is 11.6 Å². The minimum absolute atomic E-state index is 0.0952. The van der Waals surface area contributed by atoms with Crippen LogP contribution in [0, 0.1) is 6.92 Å². The molecule has 7 heteroatoms. The zero-order valence-corrected chi connectivity index (χ0v) is 19.0. The molecule has 0 aromatic heterocycles. The summed E-state index contributed by atoms with van der Waals surface area (Å²) in [5.74, 6) is -0.0952. The summed E-state index contributed by atoms with van der Waals surface area (Å²) in [4.78, 5) is 12.4. The first kappa shape index (κ1) is 23.2. The van der Waals surface area contributed by atoms with Gasteiger partial charge in [-0.25, -0.2) is 8.42 Å². The highest BCUT2D eigenvalue weighted by atomic mass is 35.5. The van der Waals surface area contributed by atoms with Crippen molar-refractivity contribution in [3.05, 3.63) is 64.7 Å². The van der Waals surface area contributed by atoms with Crippen LogP contribution in [-0.2, 0) is 21.2 Å². The highest BCUT2D eigenvalue weighted by Gasteiger charge is 2.22. The second kappa shape index (κ2) is 9.63. The molecule has 2 aromatic rings. The normalized spacial score (nSPS) is 11.9. The second-order valence-electron chi connectivity index (χ2n) is 7.96. The molecule has 0 aliphatic rings. The molecule has 1 amide bonds. The lowest BCUT2D eigenvalue weighted by atomic mass is 9.94. The lowest BCUT2D eigenvalue weighted by molar-refractivity contribution is -0.122. The van der Waals surface area contributed by atoms with Crippen LogP contribution in [-0.4, -0.2) is 32.7 Å². The molecule has 0 aliphatic carbocycles. The summed E-state index contributed by atoms with van der Waals surface area (Å²) in [6.45, 7) is 6.02. The van der Waals surface area contributed by atoms with Crippen LogP contribution in [0.4, 0.5) is 5.69 Å². The standard InChI is InChI=1S/C22H29ClN2O3S/c1-17-12-13-19(23)15-20(17)25(29(4,27)28)14-8-11-21(26)24-22(2,3)16-18-9-6-5-7-10-18/h5-7,9-10,12-13,15H,8,11,14,16H2,1-4H3,(H,24,26). The average Bonchev–Trinajstić information content (AvgIpc) is 2.60. The number of benzene rings is 2. The zero-order valence-electron chi connectivity index (χ0n) is 17.4. The third-order valence-electron chi connectivity index (χ3n) is 4.57. The number of carbonyl (C=O) groups is 1. The van der Waals surface area contributed by atoms with Crippen LogP contribution >= 0.6 is 11.6 Å². The van der Waals surface area contributed by atoms with Crippen LogP contribution in [0.15, 0.2) is 48.5 Å². The maximum Gasteiger partial charge on any atom is 0.232 e. The quantitative estimate of drug-likeness (QED) is 0.636. The molecule has 0 bridgehead atoms. The lowest BCUT2D eigenvalue weighted by Gasteiger charge is -2.27. The molecule has 5 nitrogen and oxygen atoms in total. The van der Waals surface area contributed by atoms with E-state index in [0.717, 1.165) is 23.8 Å². The van der Waals surface area contributed by atoms with Crippen molar-refractivity contribution in [1.82, 2.24) is 5.32 Å². The number of rotatable bonds is 9. The molecule has 0 radical (unpaired) electrons. The highest BCUT2D eigenvalue weighted by Crippen LogP contribution is 2.26. The molecule has 158 valence electrons. The van der Waals surface area contributed by atoms with Gasteiger partial charge in [0.25, 0.3) is 0 Å². The number of nitrogens with zero attached hydrogens (tertiary/aromatic N) is 1. The highest BCUT2D eigenvalue weighted by molar-refractivity contribution is 7.92. The Kier molecular flexibility index (Phi) is 7.72. The van der Waals surface area contributed by atoms with E-state index in [0.29, 0.717) is 17.1 Å². The average molecular weight is 437 g/mol. The molecule has 0 saturated heterocycles. The van der Waals surface area contributed by atoms with Gasteiger partial charge < -0.3 is 5.32 Å². The summed E-state index contributed by atoms with van der Waals surface area (Å²) in [6, 6.07) is 15.1. The molecule has 2 aromatic carbocycles. The maximum absolute atomic E-state index is 12.4. The zero-order chi connectivity index (χ0) is 21.7.